The van der Waals surface area contributed by atoms with E-state index in [9.17, 15) is 9.59 Å². The molecule has 0 saturated carbocycles. The second kappa shape index (κ2) is 5.79. The lowest BCUT2D eigenvalue weighted by Gasteiger charge is -2.21. The SMILES string of the molecule is Cc1ccc(-n2cc(C(=O)NC(C)(C)C)c(=O)cc2C)cc1. The van der Waals surface area contributed by atoms with Crippen molar-refractivity contribution in [2.75, 3.05) is 0 Å². The molecule has 2 aromatic rings. The molecule has 116 valence electrons. The van der Waals surface area contributed by atoms with E-state index in [2.05, 4.69) is 5.32 Å². The largest absolute Gasteiger partial charge is 0.347 e. The van der Waals surface area contributed by atoms with E-state index in [1.54, 1.807) is 6.20 Å². The van der Waals surface area contributed by atoms with Crippen molar-refractivity contribution in [3.8, 4) is 5.69 Å². The molecule has 1 aromatic carbocycles. The summed E-state index contributed by atoms with van der Waals surface area (Å²) in [5.74, 6) is -0.349. The first-order valence-corrected chi connectivity index (χ1v) is 7.30. The minimum Gasteiger partial charge on any atom is -0.347 e. The van der Waals surface area contributed by atoms with Crippen LogP contribution in [0.2, 0.25) is 0 Å². The third kappa shape index (κ3) is 3.64. The molecule has 0 bridgehead atoms. The lowest BCUT2D eigenvalue weighted by atomic mass is 10.1. The molecule has 0 aliphatic heterocycles. The summed E-state index contributed by atoms with van der Waals surface area (Å²) in [4.78, 5) is 24.4. The minimum absolute atomic E-state index is 0.154. The first-order chi connectivity index (χ1) is 10.2. The number of hydrogen-bond donors (Lipinski definition) is 1. The summed E-state index contributed by atoms with van der Waals surface area (Å²) < 4.78 is 1.86. The van der Waals surface area contributed by atoms with Crippen LogP contribution in [0.4, 0.5) is 0 Å². The Bertz CT molecular complexity index is 750. The van der Waals surface area contributed by atoms with Gasteiger partial charge in [-0.05, 0) is 46.8 Å². The molecule has 1 heterocycles. The molecule has 22 heavy (non-hydrogen) atoms. The maximum absolute atomic E-state index is 12.3. The van der Waals surface area contributed by atoms with Crippen LogP contribution in [-0.4, -0.2) is 16.0 Å². The highest BCUT2D eigenvalue weighted by atomic mass is 16.2. The monoisotopic (exact) mass is 298 g/mol. The van der Waals surface area contributed by atoms with Crippen LogP contribution < -0.4 is 10.7 Å². The number of carbonyl (C=O) groups excluding carboxylic acids is 1. The lowest BCUT2D eigenvalue weighted by Crippen LogP contribution is -2.42. The van der Waals surface area contributed by atoms with Gasteiger partial charge >= 0.3 is 0 Å². The standard InChI is InChI=1S/C18H22N2O2/c1-12-6-8-14(9-7-12)20-11-15(16(21)10-13(20)2)17(22)19-18(3,4)5/h6-11H,1-5H3,(H,19,22). The smallest absolute Gasteiger partial charge is 0.257 e. The van der Waals surface area contributed by atoms with Crippen molar-refractivity contribution in [2.24, 2.45) is 0 Å². The van der Waals surface area contributed by atoms with Gasteiger partial charge in [-0.3, -0.25) is 9.59 Å². The normalized spacial score (nSPS) is 11.3. The van der Waals surface area contributed by atoms with Crippen molar-refractivity contribution in [3.63, 3.8) is 0 Å². The number of rotatable bonds is 2. The van der Waals surface area contributed by atoms with E-state index >= 15 is 0 Å². The van der Waals surface area contributed by atoms with Crippen molar-refractivity contribution in [3.05, 3.63) is 63.6 Å². The maximum Gasteiger partial charge on any atom is 0.257 e. The van der Waals surface area contributed by atoms with Crippen LogP contribution in [0.3, 0.4) is 0 Å². The molecule has 4 nitrogen and oxygen atoms in total. The van der Waals surface area contributed by atoms with Gasteiger partial charge in [-0.25, -0.2) is 0 Å². The first-order valence-electron chi connectivity index (χ1n) is 7.30. The molecule has 2 rings (SSSR count). The van der Waals surface area contributed by atoms with E-state index in [1.807, 2.05) is 63.5 Å². The fraction of sp³-hybridized carbons (Fsp3) is 0.333. The third-order valence-corrected chi connectivity index (χ3v) is 3.29. The average molecular weight is 298 g/mol. The Morgan fingerprint density at radius 3 is 2.23 bits per heavy atom. The van der Waals surface area contributed by atoms with Gasteiger partial charge in [0.25, 0.3) is 5.91 Å². The number of amides is 1. The number of carbonyl (C=O) groups is 1. The van der Waals surface area contributed by atoms with Crippen LogP contribution in [-0.2, 0) is 0 Å². The van der Waals surface area contributed by atoms with Crippen LogP contribution in [0, 0.1) is 13.8 Å². The van der Waals surface area contributed by atoms with Gasteiger partial charge in [0.1, 0.15) is 5.56 Å². The van der Waals surface area contributed by atoms with Crippen LogP contribution in [0.15, 0.2) is 41.3 Å². The van der Waals surface area contributed by atoms with Gasteiger partial charge in [-0.2, -0.15) is 0 Å². The summed E-state index contributed by atoms with van der Waals surface area (Å²) >= 11 is 0. The van der Waals surface area contributed by atoms with E-state index in [0.717, 1.165) is 16.9 Å². The summed E-state index contributed by atoms with van der Waals surface area (Å²) in [7, 11) is 0. The number of hydrogen-bond acceptors (Lipinski definition) is 2. The predicted molar refractivity (Wildman–Crippen MR) is 88.7 cm³/mol. The number of pyridine rings is 1. The Morgan fingerprint density at radius 1 is 1.09 bits per heavy atom. The molecule has 0 aliphatic rings. The van der Waals surface area contributed by atoms with Gasteiger partial charge < -0.3 is 9.88 Å². The van der Waals surface area contributed by atoms with Crippen LogP contribution in [0.5, 0.6) is 0 Å². The summed E-state index contributed by atoms with van der Waals surface area (Å²) in [6.45, 7) is 9.53. The number of benzene rings is 1. The fourth-order valence-corrected chi connectivity index (χ4v) is 2.19. The number of nitrogens with one attached hydrogen (secondary N) is 1. The summed E-state index contributed by atoms with van der Waals surface area (Å²) in [6.07, 6.45) is 1.61. The number of nitrogens with zero attached hydrogens (tertiary/aromatic N) is 1. The molecule has 1 aromatic heterocycles. The highest BCUT2D eigenvalue weighted by Crippen LogP contribution is 2.12. The molecule has 1 N–H and O–H groups in total. The molecule has 0 saturated heterocycles. The van der Waals surface area contributed by atoms with Gasteiger partial charge in [-0.15, -0.1) is 0 Å². The van der Waals surface area contributed by atoms with Gasteiger partial charge in [0, 0.05) is 29.2 Å². The average Bonchev–Trinajstić information content (AvgIpc) is 2.38. The lowest BCUT2D eigenvalue weighted by molar-refractivity contribution is 0.0918. The molecule has 0 fully saturated rings. The molecule has 0 spiro atoms. The zero-order valence-corrected chi connectivity index (χ0v) is 13.7. The second-order valence-corrected chi connectivity index (χ2v) is 6.60. The Labute approximate surface area is 130 Å². The summed E-state index contributed by atoms with van der Waals surface area (Å²) in [5, 5.41) is 2.83. The zero-order chi connectivity index (χ0) is 16.5. The van der Waals surface area contributed by atoms with Crippen LogP contribution >= 0.6 is 0 Å². The van der Waals surface area contributed by atoms with E-state index in [0.29, 0.717) is 0 Å². The second-order valence-electron chi connectivity index (χ2n) is 6.60. The van der Waals surface area contributed by atoms with Gasteiger partial charge in [0.15, 0.2) is 5.43 Å². The van der Waals surface area contributed by atoms with E-state index in [1.165, 1.54) is 6.07 Å². The number of aromatic nitrogens is 1. The first kappa shape index (κ1) is 16.0. The van der Waals surface area contributed by atoms with Crippen molar-refractivity contribution in [1.29, 1.82) is 0 Å². The minimum atomic E-state index is -0.386. The fourth-order valence-electron chi connectivity index (χ4n) is 2.19. The van der Waals surface area contributed by atoms with Crippen molar-refractivity contribution in [1.82, 2.24) is 9.88 Å². The van der Waals surface area contributed by atoms with Gasteiger partial charge in [0.05, 0.1) is 0 Å². The maximum atomic E-state index is 12.3. The third-order valence-electron chi connectivity index (χ3n) is 3.29. The molecule has 4 heteroatoms. The van der Waals surface area contributed by atoms with Crippen molar-refractivity contribution in [2.45, 2.75) is 40.2 Å². The summed E-state index contributed by atoms with van der Waals surface area (Å²) in [6, 6.07) is 9.44. The van der Waals surface area contributed by atoms with Gasteiger partial charge in [-0.1, -0.05) is 17.7 Å². The molecular weight excluding hydrogens is 276 g/mol. The number of aryl methyl sites for hydroxylation is 2. The highest BCUT2D eigenvalue weighted by molar-refractivity contribution is 5.94. The Morgan fingerprint density at radius 2 is 1.68 bits per heavy atom. The molecule has 0 radical (unpaired) electrons. The Kier molecular flexibility index (Phi) is 4.22. The highest BCUT2D eigenvalue weighted by Gasteiger charge is 2.18. The van der Waals surface area contributed by atoms with E-state index < -0.39 is 0 Å². The summed E-state index contributed by atoms with van der Waals surface area (Å²) in [5.41, 5.74) is 2.38. The molecule has 0 unspecified atom stereocenters. The molecule has 0 atom stereocenters. The van der Waals surface area contributed by atoms with Crippen LogP contribution in [0.1, 0.15) is 42.4 Å². The zero-order valence-electron chi connectivity index (χ0n) is 13.7. The molecule has 0 aliphatic carbocycles. The van der Waals surface area contributed by atoms with E-state index in [-0.39, 0.29) is 22.4 Å². The van der Waals surface area contributed by atoms with Crippen LogP contribution in [0.25, 0.3) is 5.69 Å². The van der Waals surface area contributed by atoms with Crippen molar-refractivity contribution < 1.29 is 4.79 Å². The topological polar surface area (TPSA) is 51.1 Å². The predicted octanol–water partition coefficient (Wildman–Crippen LogP) is 2.98. The van der Waals surface area contributed by atoms with E-state index in [4.69, 9.17) is 0 Å². The Hall–Kier alpha value is -2.36. The quantitative estimate of drug-likeness (QED) is 0.926. The van der Waals surface area contributed by atoms with Crippen molar-refractivity contribution >= 4 is 5.91 Å². The molecule has 1 amide bonds. The Balaban J connectivity index is 2.49. The van der Waals surface area contributed by atoms with Gasteiger partial charge in [0.2, 0.25) is 0 Å². The molecular formula is C18H22N2O2.